The van der Waals surface area contributed by atoms with Gasteiger partial charge in [0.05, 0.1) is 17.9 Å². The van der Waals surface area contributed by atoms with Crippen LogP contribution in [-0.4, -0.2) is 38.8 Å². The average Bonchev–Trinajstić information content (AvgIpc) is 3.50. The summed E-state index contributed by atoms with van der Waals surface area (Å²) in [6, 6.07) is 24.4. The second kappa shape index (κ2) is 10.0. The quantitative estimate of drug-likeness (QED) is 0.376. The zero-order chi connectivity index (χ0) is 25.1. The first-order chi connectivity index (χ1) is 17.5. The third-order valence-electron chi connectivity index (χ3n) is 6.60. The first kappa shape index (κ1) is 23.3. The number of fused-ring (bicyclic) bond motifs is 3. The third-order valence-corrected chi connectivity index (χ3v) is 6.60. The van der Waals surface area contributed by atoms with Crippen LogP contribution in [0.1, 0.15) is 47.3 Å². The van der Waals surface area contributed by atoms with E-state index in [1.54, 1.807) is 0 Å². The Balaban J connectivity index is 1.35. The van der Waals surface area contributed by atoms with Crippen LogP contribution >= 0.6 is 0 Å². The molecule has 0 spiro atoms. The molecule has 3 aromatic carbocycles. The standard InChI is InChI=1S/C28H26N4O4/c1-18(27(33)34)32-26(16-29-31-32)25(15-19-9-3-2-4-10-19)30-28(35)36-17-24-22-13-7-5-11-20(22)21-12-6-8-14-23(21)24/h2-14,16,18,24-25H,15,17H2,1H3,(H,30,35)(H,33,34). The number of carboxylic acid groups (broad SMARTS) is 1. The molecule has 2 atom stereocenters. The average molecular weight is 483 g/mol. The molecule has 2 unspecified atom stereocenters. The number of benzene rings is 3. The number of carboxylic acids is 1. The second-order valence-electron chi connectivity index (χ2n) is 8.83. The molecule has 0 radical (unpaired) electrons. The molecule has 36 heavy (non-hydrogen) atoms. The molecular weight excluding hydrogens is 456 g/mol. The fourth-order valence-electron chi connectivity index (χ4n) is 4.77. The first-order valence-corrected chi connectivity index (χ1v) is 11.8. The Morgan fingerprint density at radius 2 is 1.58 bits per heavy atom. The minimum absolute atomic E-state index is 0.0602. The molecular formula is C28H26N4O4. The Morgan fingerprint density at radius 1 is 0.972 bits per heavy atom. The zero-order valence-electron chi connectivity index (χ0n) is 19.7. The molecule has 8 heteroatoms. The number of hydrogen-bond donors (Lipinski definition) is 2. The van der Waals surface area contributed by atoms with Crippen LogP contribution in [0.3, 0.4) is 0 Å². The summed E-state index contributed by atoms with van der Waals surface area (Å²) >= 11 is 0. The van der Waals surface area contributed by atoms with Crippen LogP contribution in [0.4, 0.5) is 4.79 Å². The summed E-state index contributed by atoms with van der Waals surface area (Å²) in [7, 11) is 0. The number of nitrogens with one attached hydrogen (secondary N) is 1. The number of aromatic nitrogens is 3. The van der Waals surface area contributed by atoms with E-state index in [0.29, 0.717) is 12.1 Å². The van der Waals surface area contributed by atoms with Gasteiger partial charge in [-0.25, -0.2) is 14.3 Å². The predicted molar refractivity (Wildman–Crippen MR) is 133 cm³/mol. The monoisotopic (exact) mass is 482 g/mol. The molecule has 0 bridgehead atoms. The number of alkyl carbamates (subject to hydrolysis) is 1. The molecule has 4 aromatic rings. The minimum atomic E-state index is -1.04. The van der Waals surface area contributed by atoms with Gasteiger partial charge in [-0.2, -0.15) is 0 Å². The molecule has 5 rings (SSSR count). The van der Waals surface area contributed by atoms with Crippen molar-refractivity contribution in [2.24, 2.45) is 0 Å². The fraction of sp³-hybridized carbons (Fsp3) is 0.214. The number of ether oxygens (including phenoxy) is 1. The van der Waals surface area contributed by atoms with Crippen molar-refractivity contribution < 1.29 is 19.4 Å². The van der Waals surface area contributed by atoms with E-state index in [2.05, 4.69) is 39.9 Å². The number of carbonyl (C=O) groups excluding carboxylic acids is 1. The van der Waals surface area contributed by atoms with Crippen molar-refractivity contribution in [3.8, 4) is 11.1 Å². The lowest BCUT2D eigenvalue weighted by Gasteiger charge is -2.22. The van der Waals surface area contributed by atoms with Gasteiger partial charge in [0.15, 0.2) is 0 Å². The zero-order valence-corrected chi connectivity index (χ0v) is 19.7. The number of carbonyl (C=O) groups is 2. The number of amides is 1. The summed E-state index contributed by atoms with van der Waals surface area (Å²) in [6.07, 6.45) is 1.31. The van der Waals surface area contributed by atoms with Crippen molar-refractivity contribution in [2.45, 2.75) is 31.3 Å². The lowest BCUT2D eigenvalue weighted by Crippen LogP contribution is -2.34. The van der Waals surface area contributed by atoms with E-state index in [-0.39, 0.29) is 12.5 Å². The van der Waals surface area contributed by atoms with Gasteiger partial charge in [0.1, 0.15) is 12.6 Å². The van der Waals surface area contributed by atoms with Crippen molar-refractivity contribution in [2.75, 3.05) is 6.61 Å². The smallest absolute Gasteiger partial charge is 0.407 e. The number of rotatable bonds is 8. The highest BCUT2D eigenvalue weighted by atomic mass is 16.5. The summed E-state index contributed by atoms with van der Waals surface area (Å²) in [4.78, 5) is 24.6. The minimum Gasteiger partial charge on any atom is -0.480 e. The molecule has 0 saturated carbocycles. The van der Waals surface area contributed by atoms with Crippen LogP contribution in [0.5, 0.6) is 0 Å². The molecule has 0 aliphatic heterocycles. The molecule has 8 nitrogen and oxygen atoms in total. The van der Waals surface area contributed by atoms with E-state index < -0.39 is 24.1 Å². The summed E-state index contributed by atoms with van der Waals surface area (Å²) in [6.45, 7) is 1.70. The molecule has 1 amide bonds. The van der Waals surface area contributed by atoms with Gasteiger partial charge < -0.3 is 15.2 Å². The van der Waals surface area contributed by atoms with E-state index >= 15 is 0 Å². The number of aliphatic carboxylic acids is 1. The summed E-state index contributed by atoms with van der Waals surface area (Å²) < 4.78 is 7.06. The van der Waals surface area contributed by atoms with E-state index in [0.717, 1.165) is 27.8 Å². The van der Waals surface area contributed by atoms with Gasteiger partial charge in [-0.05, 0) is 41.2 Å². The maximum Gasteiger partial charge on any atom is 0.407 e. The van der Waals surface area contributed by atoms with Gasteiger partial charge in [0.25, 0.3) is 0 Å². The summed E-state index contributed by atoms with van der Waals surface area (Å²) in [5.41, 5.74) is 6.03. The second-order valence-corrected chi connectivity index (χ2v) is 8.83. The summed E-state index contributed by atoms with van der Waals surface area (Å²) in [5.74, 6) is -1.10. The van der Waals surface area contributed by atoms with Crippen molar-refractivity contribution in [1.29, 1.82) is 0 Å². The molecule has 1 aromatic heterocycles. The van der Waals surface area contributed by atoms with E-state index in [4.69, 9.17) is 4.74 Å². The Morgan fingerprint density at radius 3 is 2.22 bits per heavy atom. The van der Waals surface area contributed by atoms with Gasteiger partial charge in [-0.15, -0.1) is 5.10 Å². The normalized spacial score (nSPS) is 13.9. The van der Waals surface area contributed by atoms with Crippen molar-refractivity contribution in [1.82, 2.24) is 20.3 Å². The van der Waals surface area contributed by atoms with Crippen LogP contribution in [0, 0.1) is 0 Å². The van der Waals surface area contributed by atoms with Crippen molar-refractivity contribution >= 4 is 12.1 Å². The van der Waals surface area contributed by atoms with Gasteiger partial charge in [0, 0.05) is 5.92 Å². The predicted octanol–water partition coefficient (Wildman–Crippen LogP) is 4.75. The Kier molecular flexibility index (Phi) is 6.49. The van der Waals surface area contributed by atoms with Crippen LogP contribution < -0.4 is 5.32 Å². The lowest BCUT2D eigenvalue weighted by molar-refractivity contribution is -0.140. The van der Waals surface area contributed by atoms with Crippen LogP contribution in [0.25, 0.3) is 11.1 Å². The van der Waals surface area contributed by atoms with E-state index in [1.165, 1.54) is 17.8 Å². The van der Waals surface area contributed by atoms with Gasteiger partial charge in [0.2, 0.25) is 0 Å². The van der Waals surface area contributed by atoms with Gasteiger partial charge >= 0.3 is 12.1 Å². The molecule has 0 saturated heterocycles. The number of nitrogens with zero attached hydrogens (tertiary/aromatic N) is 3. The molecule has 1 aliphatic rings. The lowest BCUT2D eigenvalue weighted by atomic mass is 9.98. The Bertz CT molecular complexity index is 1340. The fourth-order valence-corrected chi connectivity index (χ4v) is 4.77. The van der Waals surface area contributed by atoms with Crippen LogP contribution in [0.15, 0.2) is 85.1 Å². The SMILES string of the molecule is CC(C(=O)O)n1nncc1C(Cc1ccccc1)NC(=O)OCC1c2ccccc2-c2ccccc21. The van der Waals surface area contributed by atoms with Crippen molar-refractivity contribution in [3.05, 3.63) is 107 Å². The van der Waals surface area contributed by atoms with Crippen LogP contribution in [0.2, 0.25) is 0 Å². The topological polar surface area (TPSA) is 106 Å². The Hall–Kier alpha value is -4.46. The summed E-state index contributed by atoms with van der Waals surface area (Å²) in [5, 5.41) is 20.3. The maximum absolute atomic E-state index is 13.0. The molecule has 1 aliphatic carbocycles. The van der Waals surface area contributed by atoms with E-state index in [1.807, 2.05) is 54.6 Å². The highest BCUT2D eigenvalue weighted by Crippen LogP contribution is 2.44. The van der Waals surface area contributed by atoms with Crippen LogP contribution in [-0.2, 0) is 16.0 Å². The maximum atomic E-state index is 13.0. The van der Waals surface area contributed by atoms with E-state index in [9.17, 15) is 14.7 Å². The van der Waals surface area contributed by atoms with Gasteiger partial charge in [-0.3, -0.25) is 0 Å². The van der Waals surface area contributed by atoms with Crippen molar-refractivity contribution in [3.63, 3.8) is 0 Å². The molecule has 182 valence electrons. The molecule has 2 N–H and O–H groups in total. The van der Waals surface area contributed by atoms with Gasteiger partial charge in [-0.1, -0.05) is 84.1 Å². The Labute approximate surface area is 208 Å². The third kappa shape index (κ3) is 4.57. The largest absolute Gasteiger partial charge is 0.480 e. The molecule has 0 fully saturated rings. The number of hydrogen-bond acceptors (Lipinski definition) is 5. The first-order valence-electron chi connectivity index (χ1n) is 11.8. The molecule has 1 heterocycles. The highest BCUT2D eigenvalue weighted by Gasteiger charge is 2.30. The highest BCUT2D eigenvalue weighted by molar-refractivity contribution is 5.79.